The van der Waals surface area contributed by atoms with Crippen molar-refractivity contribution < 1.29 is 5.11 Å². The van der Waals surface area contributed by atoms with Crippen molar-refractivity contribution >= 4 is 5.71 Å². The van der Waals surface area contributed by atoms with Gasteiger partial charge in [-0.3, -0.25) is 9.78 Å². The minimum absolute atomic E-state index is 0.128. The molecule has 0 fully saturated rings. The Morgan fingerprint density at radius 1 is 1.50 bits per heavy atom. The third-order valence-electron chi connectivity index (χ3n) is 2.41. The van der Waals surface area contributed by atoms with E-state index in [0.29, 0.717) is 11.3 Å². The molecule has 0 radical (unpaired) electrons. The van der Waals surface area contributed by atoms with Gasteiger partial charge in [0.1, 0.15) is 0 Å². The molecule has 0 saturated carbocycles. The zero-order valence-corrected chi connectivity index (χ0v) is 7.58. The van der Waals surface area contributed by atoms with Crippen LogP contribution in [0.5, 0.6) is 5.88 Å². The summed E-state index contributed by atoms with van der Waals surface area (Å²) in [6.45, 7) is 0. The molecule has 5 heteroatoms. The van der Waals surface area contributed by atoms with Crippen LogP contribution in [0, 0.1) is 0 Å². The summed E-state index contributed by atoms with van der Waals surface area (Å²) in [5, 5.41) is 13.2. The minimum atomic E-state index is -0.292. The highest BCUT2D eigenvalue weighted by Crippen LogP contribution is 2.25. The first kappa shape index (κ1) is 8.80. The third kappa shape index (κ3) is 1.26. The third-order valence-corrected chi connectivity index (χ3v) is 2.41. The second-order valence-corrected chi connectivity index (χ2v) is 3.31. The summed E-state index contributed by atoms with van der Waals surface area (Å²) in [6.07, 6.45) is 2.43. The summed E-state index contributed by atoms with van der Waals surface area (Å²) >= 11 is 0. The molecule has 0 amide bonds. The Bertz CT molecular complexity index is 448. The van der Waals surface area contributed by atoms with Crippen LogP contribution in [0.15, 0.2) is 16.0 Å². The van der Waals surface area contributed by atoms with Gasteiger partial charge in [-0.15, -0.1) is 0 Å². The molecule has 1 aromatic heterocycles. The van der Waals surface area contributed by atoms with Crippen LogP contribution < -0.4 is 11.4 Å². The van der Waals surface area contributed by atoms with Crippen molar-refractivity contribution in [1.82, 2.24) is 4.98 Å². The highest BCUT2D eigenvalue weighted by atomic mass is 16.3. The Morgan fingerprint density at radius 2 is 2.29 bits per heavy atom. The molecule has 5 nitrogen and oxygen atoms in total. The van der Waals surface area contributed by atoms with E-state index in [1.54, 1.807) is 0 Å². The van der Waals surface area contributed by atoms with Gasteiger partial charge in [0.25, 0.3) is 5.56 Å². The Kier molecular flexibility index (Phi) is 1.99. The molecule has 0 atom stereocenters. The fraction of sp³-hybridized carbons (Fsp3) is 0.333. The molecular formula is C9H11N3O2. The lowest BCUT2D eigenvalue weighted by Crippen LogP contribution is -2.18. The summed E-state index contributed by atoms with van der Waals surface area (Å²) in [7, 11) is 0. The number of aryl methyl sites for hydroxylation is 1. The predicted molar refractivity (Wildman–Crippen MR) is 52.4 cm³/mol. The summed E-state index contributed by atoms with van der Waals surface area (Å²) in [6, 6.07) is 1.49. The molecule has 1 heterocycles. The number of nitrogens with zero attached hydrogens (tertiary/aromatic N) is 1. The van der Waals surface area contributed by atoms with Crippen LogP contribution in [0.2, 0.25) is 0 Å². The van der Waals surface area contributed by atoms with Crippen molar-refractivity contribution in [3.8, 4) is 5.88 Å². The van der Waals surface area contributed by atoms with Crippen LogP contribution in [0.1, 0.15) is 24.0 Å². The second-order valence-electron chi connectivity index (χ2n) is 3.31. The lowest BCUT2D eigenvalue weighted by atomic mass is 9.91. The number of hydrazone groups is 1. The van der Waals surface area contributed by atoms with Crippen molar-refractivity contribution in [3.05, 3.63) is 27.5 Å². The number of aromatic amines is 1. The van der Waals surface area contributed by atoms with Gasteiger partial charge in [0, 0.05) is 6.07 Å². The van der Waals surface area contributed by atoms with Crippen LogP contribution in [0.25, 0.3) is 0 Å². The zero-order chi connectivity index (χ0) is 10.1. The average molecular weight is 193 g/mol. The summed E-state index contributed by atoms with van der Waals surface area (Å²) in [4.78, 5) is 13.4. The number of nitrogens with two attached hydrogens (primary N) is 1. The molecule has 14 heavy (non-hydrogen) atoms. The molecule has 1 aromatic rings. The Labute approximate surface area is 80.3 Å². The monoisotopic (exact) mass is 193 g/mol. The lowest BCUT2D eigenvalue weighted by molar-refractivity contribution is 0.448. The molecule has 0 aliphatic heterocycles. The molecule has 1 aliphatic carbocycles. The molecule has 0 saturated heterocycles. The van der Waals surface area contributed by atoms with Gasteiger partial charge in [-0.05, 0) is 24.8 Å². The van der Waals surface area contributed by atoms with Gasteiger partial charge in [-0.25, -0.2) is 0 Å². The molecule has 2 rings (SSSR count). The Hall–Kier alpha value is -1.78. The maximum absolute atomic E-state index is 11.1. The van der Waals surface area contributed by atoms with Crippen LogP contribution >= 0.6 is 0 Å². The second kappa shape index (κ2) is 3.17. The maximum atomic E-state index is 11.1. The van der Waals surface area contributed by atoms with Gasteiger partial charge < -0.3 is 10.9 Å². The highest BCUT2D eigenvalue weighted by Gasteiger charge is 2.20. The van der Waals surface area contributed by atoms with Gasteiger partial charge in [0.2, 0.25) is 5.88 Å². The topological polar surface area (TPSA) is 91.5 Å². The van der Waals surface area contributed by atoms with E-state index in [1.807, 2.05) is 0 Å². The number of aromatic nitrogens is 1. The first-order valence-corrected chi connectivity index (χ1v) is 4.44. The SMILES string of the molecule is N/N=C1\CCCc2cc(=O)[nH]c(O)c21. The van der Waals surface area contributed by atoms with E-state index in [2.05, 4.69) is 10.1 Å². The lowest BCUT2D eigenvalue weighted by Gasteiger charge is -2.17. The van der Waals surface area contributed by atoms with Gasteiger partial charge in [0.05, 0.1) is 11.3 Å². The maximum Gasteiger partial charge on any atom is 0.250 e. The van der Waals surface area contributed by atoms with Crippen LogP contribution in [0.3, 0.4) is 0 Å². The number of aromatic hydroxyl groups is 1. The largest absolute Gasteiger partial charge is 0.494 e. The van der Waals surface area contributed by atoms with E-state index in [-0.39, 0.29) is 11.4 Å². The molecule has 0 bridgehead atoms. The fourth-order valence-corrected chi connectivity index (χ4v) is 1.82. The molecule has 74 valence electrons. The Balaban J connectivity index is 2.69. The minimum Gasteiger partial charge on any atom is -0.494 e. The average Bonchev–Trinajstić information content (AvgIpc) is 2.16. The van der Waals surface area contributed by atoms with Gasteiger partial charge in [0.15, 0.2) is 0 Å². The van der Waals surface area contributed by atoms with E-state index in [9.17, 15) is 9.90 Å². The molecule has 0 spiro atoms. The van der Waals surface area contributed by atoms with E-state index >= 15 is 0 Å². The van der Waals surface area contributed by atoms with Crippen LogP contribution in [-0.4, -0.2) is 15.8 Å². The van der Waals surface area contributed by atoms with Gasteiger partial charge in [-0.2, -0.15) is 5.10 Å². The molecule has 4 N–H and O–H groups in total. The van der Waals surface area contributed by atoms with E-state index in [4.69, 9.17) is 5.84 Å². The van der Waals surface area contributed by atoms with Crippen molar-refractivity contribution in [2.24, 2.45) is 10.9 Å². The predicted octanol–water partition coefficient (Wildman–Crippen LogP) is 0.0796. The number of rotatable bonds is 0. The smallest absolute Gasteiger partial charge is 0.250 e. The van der Waals surface area contributed by atoms with Crippen molar-refractivity contribution in [3.63, 3.8) is 0 Å². The standard InChI is InChI=1S/C9H11N3O2/c10-12-6-3-1-2-5-4-7(13)11-9(14)8(5)6/h4H,1-3,10H2,(H2,11,13,14)/b12-6+. The molecule has 1 aliphatic rings. The first-order valence-electron chi connectivity index (χ1n) is 4.44. The molecular weight excluding hydrogens is 182 g/mol. The number of hydrogen-bond acceptors (Lipinski definition) is 4. The summed E-state index contributed by atoms with van der Waals surface area (Å²) in [5.41, 5.74) is 1.78. The fourth-order valence-electron chi connectivity index (χ4n) is 1.82. The number of hydrogen-bond donors (Lipinski definition) is 3. The molecule has 0 unspecified atom stereocenters. The van der Waals surface area contributed by atoms with Crippen molar-refractivity contribution in [1.29, 1.82) is 0 Å². The van der Waals surface area contributed by atoms with E-state index in [0.717, 1.165) is 24.8 Å². The summed E-state index contributed by atoms with van der Waals surface area (Å²) in [5.74, 6) is 5.08. The van der Waals surface area contributed by atoms with Crippen LogP contribution in [-0.2, 0) is 6.42 Å². The zero-order valence-electron chi connectivity index (χ0n) is 7.58. The normalized spacial score (nSPS) is 18.1. The van der Waals surface area contributed by atoms with Gasteiger partial charge >= 0.3 is 0 Å². The van der Waals surface area contributed by atoms with Crippen LogP contribution in [0.4, 0.5) is 0 Å². The summed E-state index contributed by atoms with van der Waals surface area (Å²) < 4.78 is 0. The van der Waals surface area contributed by atoms with E-state index < -0.39 is 0 Å². The first-order chi connectivity index (χ1) is 6.72. The van der Waals surface area contributed by atoms with Crippen molar-refractivity contribution in [2.45, 2.75) is 19.3 Å². The number of pyridine rings is 1. The van der Waals surface area contributed by atoms with Gasteiger partial charge in [-0.1, -0.05) is 0 Å². The Morgan fingerprint density at radius 3 is 3.00 bits per heavy atom. The van der Waals surface area contributed by atoms with Crippen molar-refractivity contribution in [2.75, 3.05) is 0 Å². The number of nitrogens with one attached hydrogen (secondary N) is 1. The number of fused-ring (bicyclic) bond motifs is 1. The quantitative estimate of drug-likeness (QED) is 0.402. The highest BCUT2D eigenvalue weighted by molar-refractivity contribution is 6.04. The molecule has 0 aromatic carbocycles. The van der Waals surface area contributed by atoms with E-state index in [1.165, 1.54) is 6.07 Å². The number of H-pyrrole nitrogens is 1.